The zero-order valence-electron chi connectivity index (χ0n) is 23.6. The number of carbonyl (C=O) groups is 3. The molecule has 2 heterocycles. The molecule has 1 aliphatic heterocycles. The van der Waals surface area contributed by atoms with Crippen molar-refractivity contribution in [1.29, 1.82) is 0 Å². The molecule has 2 amide bonds. The minimum atomic E-state index is -4.75. The number of rotatable bonds is 7. The van der Waals surface area contributed by atoms with Gasteiger partial charge in [-0.25, -0.2) is 4.79 Å². The van der Waals surface area contributed by atoms with Gasteiger partial charge in [0.25, 0.3) is 0 Å². The van der Waals surface area contributed by atoms with Crippen molar-refractivity contribution < 1.29 is 36.8 Å². The van der Waals surface area contributed by atoms with Crippen molar-refractivity contribution in [3.63, 3.8) is 0 Å². The van der Waals surface area contributed by atoms with Gasteiger partial charge in [-0.15, -0.1) is 0 Å². The summed E-state index contributed by atoms with van der Waals surface area (Å²) < 4.78 is 53.2. The molecule has 2 N–H and O–H groups in total. The number of nitrogens with one attached hydrogen (secondary N) is 2. The molecule has 0 radical (unpaired) electrons. The number of ether oxygens (including phenoxy) is 1. The molecular weight excluding hydrogens is 573 g/mol. The first-order chi connectivity index (χ1) is 19.7. The smallest absolute Gasteiger partial charge is 0.418 e. The van der Waals surface area contributed by atoms with Gasteiger partial charge in [0.15, 0.2) is 11.5 Å². The molecule has 9 nitrogen and oxygen atoms in total. The lowest BCUT2D eigenvalue weighted by Gasteiger charge is -2.32. The van der Waals surface area contributed by atoms with Gasteiger partial charge >= 0.3 is 12.3 Å². The molecule has 0 aliphatic carbocycles. The number of hydrogen-bond donors (Lipinski definition) is 2. The number of halogens is 3. The van der Waals surface area contributed by atoms with Crippen LogP contribution in [0.1, 0.15) is 48.8 Å². The topological polar surface area (TPSA) is 114 Å². The number of carbonyl (C=O) groups excluding carboxylic acids is 3. The highest BCUT2D eigenvalue weighted by molar-refractivity contribution is 7.99. The molecule has 0 atom stereocenters. The van der Waals surface area contributed by atoms with Crippen LogP contribution in [0.15, 0.2) is 47.0 Å². The van der Waals surface area contributed by atoms with E-state index in [1.54, 1.807) is 68.6 Å². The van der Waals surface area contributed by atoms with Crippen LogP contribution in [0.5, 0.6) is 0 Å². The number of aryl methyl sites for hydroxylation is 1. The van der Waals surface area contributed by atoms with Crippen molar-refractivity contribution in [2.24, 2.45) is 0 Å². The monoisotopic (exact) mass is 604 g/mol. The lowest BCUT2D eigenvalue weighted by molar-refractivity contribution is -0.137. The molecule has 1 aliphatic rings. The molecule has 0 bridgehead atoms. The summed E-state index contributed by atoms with van der Waals surface area (Å²) >= 11 is 1.63. The van der Waals surface area contributed by atoms with E-state index < -0.39 is 41.5 Å². The number of benzene rings is 2. The van der Waals surface area contributed by atoms with Crippen LogP contribution in [0, 0.1) is 6.92 Å². The first kappa shape index (κ1) is 30.9. The zero-order valence-corrected chi connectivity index (χ0v) is 24.4. The summed E-state index contributed by atoms with van der Waals surface area (Å²) in [6.07, 6.45) is -6.32. The molecule has 13 heteroatoms. The maximum Gasteiger partial charge on any atom is 0.418 e. The van der Waals surface area contributed by atoms with Crippen molar-refractivity contribution >= 4 is 46.6 Å². The van der Waals surface area contributed by atoms with Gasteiger partial charge in [-0.2, -0.15) is 24.9 Å². The van der Waals surface area contributed by atoms with Crippen LogP contribution >= 0.6 is 11.8 Å². The minimum Gasteiger partial charge on any atom is -0.444 e. The average molecular weight is 605 g/mol. The zero-order chi connectivity index (χ0) is 30.7. The molecule has 2 aromatic carbocycles. The van der Waals surface area contributed by atoms with Crippen LogP contribution in [-0.2, 0) is 15.7 Å². The predicted octanol–water partition coefficient (Wildman–Crippen LogP) is 6.78. The summed E-state index contributed by atoms with van der Waals surface area (Å²) in [6.45, 7) is 7.44. The molecule has 42 heavy (non-hydrogen) atoms. The van der Waals surface area contributed by atoms with Gasteiger partial charge < -0.3 is 19.5 Å². The Hall–Kier alpha value is -4.00. The molecule has 3 aromatic rings. The second kappa shape index (κ2) is 12.5. The Labute approximate surface area is 245 Å². The van der Waals surface area contributed by atoms with Gasteiger partial charge in [-0.3, -0.25) is 14.9 Å². The number of alkyl halides is 3. The van der Waals surface area contributed by atoms with Crippen LogP contribution < -0.4 is 15.5 Å². The van der Waals surface area contributed by atoms with Gasteiger partial charge in [0.2, 0.25) is 5.91 Å². The summed E-state index contributed by atoms with van der Waals surface area (Å²) in [4.78, 5) is 40.1. The molecule has 224 valence electrons. The summed E-state index contributed by atoms with van der Waals surface area (Å²) in [7, 11) is 0. The number of thioether (sulfide) groups is 1. The fraction of sp³-hybridized carbons (Fsp3) is 0.379. The van der Waals surface area contributed by atoms with Gasteiger partial charge in [-0.05, 0) is 45.9 Å². The number of ketones is 1. The molecule has 4 rings (SSSR count). The van der Waals surface area contributed by atoms with E-state index in [1.807, 2.05) is 0 Å². The summed E-state index contributed by atoms with van der Waals surface area (Å²) in [5.74, 6) is 0.305. The molecule has 1 fully saturated rings. The highest BCUT2D eigenvalue weighted by Crippen LogP contribution is 2.42. The molecule has 0 saturated carbocycles. The van der Waals surface area contributed by atoms with Crippen LogP contribution in [0.3, 0.4) is 0 Å². The Kier molecular flexibility index (Phi) is 9.19. The molecule has 0 unspecified atom stereocenters. The Morgan fingerprint density at radius 2 is 1.71 bits per heavy atom. The Balaban J connectivity index is 1.62. The van der Waals surface area contributed by atoms with E-state index in [0.717, 1.165) is 6.07 Å². The van der Waals surface area contributed by atoms with E-state index in [4.69, 9.17) is 9.26 Å². The summed E-state index contributed by atoms with van der Waals surface area (Å²) in [6, 6.07) is 10.0. The molecule has 1 saturated heterocycles. The van der Waals surface area contributed by atoms with E-state index in [1.165, 1.54) is 12.1 Å². The number of nitrogens with zero attached hydrogens (tertiary/aromatic N) is 2. The standard InChI is InChI=1S/C29H31F3N4O5S/c1-17-12-25(41-35-17)19-7-5-6-18(13-19)24(37)16-26(38)33-21-14-20(29(30,31)32)23(36-8-10-42-11-9-36)15-22(21)34-27(39)40-28(2,3)4/h5-7,12-15H,8-11,16H2,1-4H3,(H,33,38)(H,34,39). The van der Waals surface area contributed by atoms with Gasteiger partial charge in [0, 0.05) is 41.8 Å². The SMILES string of the molecule is Cc1cc(-c2cccc(C(=O)CC(=O)Nc3cc(C(F)(F)F)c(N4CCSCC4)cc3NC(=O)OC(C)(C)C)c2)on1. The molecule has 1 aromatic heterocycles. The quantitative estimate of drug-likeness (QED) is 0.224. The van der Waals surface area contributed by atoms with Crippen molar-refractivity contribution in [3.05, 3.63) is 59.3 Å². The maximum absolute atomic E-state index is 14.2. The number of hydrogen-bond acceptors (Lipinski definition) is 8. The summed E-state index contributed by atoms with van der Waals surface area (Å²) in [5.41, 5.74) is -0.938. The van der Waals surface area contributed by atoms with E-state index in [-0.39, 0.29) is 22.6 Å². The first-order valence-corrected chi connectivity index (χ1v) is 14.3. The van der Waals surface area contributed by atoms with Gasteiger partial charge in [-0.1, -0.05) is 23.4 Å². The highest BCUT2D eigenvalue weighted by atomic mass is 32.2. The number of amides is 2. The number of anilines is 3. The predicted molar refractivity (Wildman–Crippen MR) is 155 cm³/mol. The molecular formula is C29H31F3N4O5S. The fourth-order valence-corrected chi connectivity index (χ4v) is 5.19. The Morgan fingerprint density at radius 1 is 1.02 bits per heavy atom. The van der Waals surface area contributed by atoms with Crippen LogP contribution in [-0.4, -0.2) is 53.1 Å². The van der Waals surface area contributed by atoms with Crippen molar-refractivity contribution in [3.8, 4) is 11.3 Å². The number of aromatic nitrogens is 1. The third-order valence-corrected chi connectivity index (χ3v) is 7.06. The normalized spacial score (nSPS) is 13.9. The van der Waals surface area contributed by atoms with E-state index >= 15 is 0 Å². The fourth-order valence-electron chi connectivity index (χ4n) is 4.29. The van der Waals surface area contributed by atoms with Gasteiger partial charge in [0.05, 0.1) is 34.7 Å². The van der Waals surface area contributed by atoms with E-state index in [2.05, 4.69) is 15.8 Å². The second-order valence-corrected chi connectivity index (χ2v) is 11.9. The number of Topliss-reactive ketones (excluding diaryl/α,β-unsaturated/α-hetero) is 1. The minimum absolute atomic E-state index is 0.0889. The second-order valence-electron chi connectivity index (χ2n) is 10.7. The van der Waals surface area contributed by atoms with Crippen LogP contribution in [0.2, 0.25) is 0 Å². The van der Waals surface area contributed by atoms with Crippen molar-refractivity contribution in [1.82, 2.24) is 5.16 Å². The lowest BCUT2D eigenvalue weighted by Crippen LogP contribution is -2.34. The van der Waals surface area contributed by atoms with Crippen molar-refractivity contribution in [2.45, 2.75) is 45.9 Å². The highest BCUT2D eigenvalue weighted by Gasteiger charge is 2.37. The van der Waals surface area contributed by atoms with Crippen LogP contribution in [0.4, 0.5) is 35.0 Å². The van der Waals surface area contributed by atoms with Crippen molar-refractivity contribution in [2.75, 3.05) is 40.1 Å². The third-order valence-electron chi connectivity index (χ3n) is 6.12. The molecule has 0 spiro atoms. The van der Waals surface area contributed by atoms with Gasteiger partial charge in [0.1, 0.15) is 5.60 Å². The van der Waals surface area contributed by atoms with Crippen LogP contribution in [0.25, 0.3) is 11.3 Å². The summed E-state index contributed by atoms with van der Waals surface area (Å²) in [5, 5.41) is 8.68. The maximum atomic E-state index is 14.2. The van der Waals surface area contributed by atoms with E-state index in [9.17, 15) is 27.6 Å². The first-order valence-electron chi connectivity index (χ1n) is 13.1. The Bertz CT molecular complexity index is 1480. The average Bonchev–Trinajstić information content (AvgIpc) is 3.34. The lowest BCUT2D eigenvalue weighted by atomic mass is 10.0. The largest absolute Gasteiger partial charge is 0.444 e. The third kappa shape index (κ3) is 8.05. The van der Waals surface area contributed by atoms with E-state index in [0.29, 0.717) is 41.6 Å². The Morgan fingerprint density at radius 3 is 2.33 bits per heavy atom.